The van der Waals surface area contributed by atoms with Gasteiger partial charge in [0.1, 0.15) is 5.78 Å². The van der Waals surface area contributed by atoms with Crippen LogP contribution in [0, 0.1) is 0 Å². The van der Waals surface area contributed by atoms with Crippen LogP contribution in [0.2, 0.25) is 0 Å². The molecule has 0 spiro atoms. The summed E-state index contributed by atoms with van der Waals surface area (Å²) >= 11 is 0. The van der Waals surface area contributed by atoms with Gasteiger partial charge in [-0.25, -0.2) is 0 Å². The zero-order valence-corrected chi connectivity index (χ0v) is 11.1. The topological polar surface area (TPSA) is 44.9 Å². The minimum atomic E-state index is 0.274. The van der Waals surface area contributed by atoms with Gasteiger partial charge in [0.25, 0.3) is 0 Å². The average Bonchev–Trinajstić information content (AvgIpc) is 2.78. The van der Waals surface area contributed by atoms with Gasteiger partial charge < -0.3 is 15.1 Å². The summed E-state index contributed by atoms with van der Waals surface area (Å²) in [5.41, 5.74) is 6.57. The summed E-state index contributed by atoms with van der Waals surface area (Å²) in [6.45, 7) is 1.66. The Kier molecular flexibility index (Phi) is 3.11. The SMILES string of the molecule is CC(=O)CCCc1c[nH]c2c1CC1=CNC=CC1=C2. The van der Waals surface area contributed by atoms with Crippen LogP contribution in [-0.2, 0) is 17.6 Å². The van der Waals surface area contributed by atoms with E-state index in [1.807, 2.05) is 6.20 Å². The zero-order chi connectivity index (χ0) is 13.2. The second kappa shape index (κ2) is 4.92. The number of rotatable bonds is 4. The number of carbonyl (C=O) groups excluding carboxylic acids is 1. The molecule has 2 N–H and O–H groups in total. The molecular weight excluding hydrogens is 236 g/mol. The van der Waals surface area contributed by atoms with Crippen molar-refractivity contribution in [2.75, 3.05) is 0 Å². The Morgan fingerprint density at radius 2 is 2.32 bits per heavy atom. The molecule has 1 aromatic rings. The van der Waals surface area contributed by atoms with Crippen LogP contribution in [0.4, 0.5) is 0 Å². The number of nitrogens with one attached hydrogen (secondary N) is 2. The van der Waals surface area contributed by atoms with Crippen LogP contribution >= 0.6 is 0 Å². The number of ketones is 1. The van der Waals surface area contributed by atoms with E-state index in [9.17, 15) is 4.79 Å². The van der Waals surface area contributed by atoms with Crippen molar-refractivity contribution in [1.82, 2.24) is 10.3 Å². The second-order valence-electron chi connectivity index (χ2n) is 5.21. The predicted molar refractivity (Wildman–Crippen MR) is 76.5 cm³/mol. The molecule has 3 heteroatoms. The quantitative estimate of drug-likeness (QED) is 0.867. The monoisotopic (exact) mass is 254 g/mol. The Morgan fingerprint density at radius 1 is 1.42 bits per heavy atom. The highest BCUT2D eigenvalue weighted by molar-refractivity contribution is 5.75. The minimum Gasteiger partial charge on any atom is -0.367 e. The number of dihydropyridines is 1. The molecule has 0 radical (unpaired) electrons. The molecule has 0 amide bonds. The Morgan fingerprint density at radius 3 is 3.16 bits per heavy atom. The van der Waals surface area contributed by atoms with Crippen molar-refractivity contribution in [3.63, 3.8) is 0 Å². The van der Waals surface area contributed by atoms with E-state index >= 15 is 0 Å². The van der Waals surface area contributed by atoms with Gasteiger partial charge in [-0.05, 0) is 54.2 Å². The summed E-state index contributed by atoms with van der Waals surface area (Å²) in [5, 5.41) is 3.15. The molecule has 0 unspecified atom stereocenters. The van der Waals surface area contributed by atoms with Gasteiger partial charge in [-0.1, -0.05) is 0 Å². The largest absolute Gasteiger partial charge is 0.367 e. The molecule has 19 heavy (non-hydrogen) atoms. The maximum Gasteiger partial charge on any atom is 0.129 e. The molecule has 1 aliphatic carbocycles. The lowest BCUT2D eigenvalue weighted by atomic mass is 9.88. The van der Waals surface area contributed by atoms with E-state index in [1.54, 1.807) is 6.92 Å². The van der Waals surface area contributed by atoms with Crippen molar-refractivity contribution >= 4 is 11.9 Å². The molecule has 0 saturated carbocycles. The van der Waals surface area contributed by atoms with E-state index in [1.165, 1.54) is 28.0 Å². The number of carbonyl (C=O) groups is 1. The average molecular weight is 254 g/mol. The van der Waals surface area contributed by atoms with Crippen molar-refractivity contribution in [3.8, 4) is 0 Å². The maximum atomic E-state index is 11.0. The molecule has 1 aliphatic heterocycles. The van der Waals surface area contributed by atoms with E-state index in [0.717, 1.165) is 19.3 Å². The van der Waals surface area contributed by atoms with E-state index in [2.05, 4.69) is 34.8 Å². The van der Waals surface area contributed by atoms with Gasteiger partial charge in [0.05, 0.1) is 0 Å². The first-order valence-electron chi connectivity index (χ1n) is 6.76. The summed E-state index contributed by atoms with van der Waals surface area (Å²) in [6, 6.07) is 0. The van der Waals surface area contributed by atoms with Crippen molar-refractivity contribution in [2.45, 2.75) is 32.6 Å². The molecular formula is C16H18N2O. The fraction of sp³-hybridized carbons (Fsp3) is 0.312. The second-order valence-corrected chi connectivity index (χ2v) is 5.21. The van der Waals surface area contributed by atoms with Gasteiger partial charge in [0.15, 0.2) is 0 Å². The van der Waals surface area contributed by atoms with Gasteiger partial charge in [-0.15, -0.1) is 0 Å². The third-order valence-electron chi connectivity index (χ3n) is 3.74. The van der Waals surface area contributed by atoms with Crippen molar-refractivity contribution < 1.29 is 4.79 Å². The Bertz CT molecular complexity index is 602. The van der Waals surface area contributed by atoms with Gasteiger partial charge in [-0.2, -0.15) is 0 Å². The van der Waals surface area contributed by atoms with Crippen LogP contribution in [-0.4, -0.2) is 10.8 Å². The van der Waals surface area contributed by atoms with Gasteiger partial charge in [0, 0.05) is 37.1 Å². The minimum absolute atomic E-state index is 0.274. The first-order chi connectivity index (χ1) is 9.24. The van der Waals surface area contributed by atoms with Crippen LogP contribution in [0.1, 0.15) is 36.6 Å². The molecule has 0 bridgehead atoms. The lowest BCUT2D eigenvalue weighted by Crippen LogP contribution is -2.10. The van der Waals surface area contributed by atoms with Crippen molar-refractivity contribution in [2.24, 2.45) is 0 Å². The van der Waals surface area contributed by atoms with Crippen LogP contribution in [0.5, 0.6) is 0 Å². The number of allylic oxidation sites excluding steroid dienone is 3. The number of aryl methyl sites for hydroxylation is 1. The third kappa shape index (κ3) is 2.41. The Hall–Kier alpha value is -2.03. The number of fused-ring (bicyclic) bond motifs is 2. The summed E-state index contributed by atoms with van der Waals surface area (Å²) < 4.78 is 0. The Labute approximate surface area is 113 Å². The fourth-order valence-electron chi connectivity index (χ4n) is 2.72. The number of H-pyrrole nitrogens is 1. The summed E-state index contributed by atoms with van der Waals surface area (Å²) in [6.07, 6.45) is 14.0. The number of Topliss-reactive ketones (excluding diaryl/α,β-unsaturated/α-hetero) is 1. The maximum absolute atomic E-state index is 11.0. The molecule has 98 valence electrons. The number of aromatic amines is 1. The first kappa shape index (κ1) is 12.0. The van der Waals surface area contributed by atoms with E-state index < -0.39 is 0 Å². The van der Waals surface area contributed by atoms with Crippen molar-refractivity contribution in [3.05, 3.63) is 52.6 Å². The number of aromatic nitrogens is 1. The molecule has 1 aromatic heterocycles. The molecule has 0 aromatic carbocycles. The van der Waals surface area contributed by atoms with Crippen LogP contribution < -0.4 is 5.32 Å². The molecule has 0 fully saturated rings. The van der Waals surface area contributed by atoms with Crippen LogP contribution in [0.25, 0.3) is 6.08 Å². The summed E-state index contributed by atoms with van der Waals surface area (Å²) in [4.78, 5) is 14.4. The Balaban J connectivity index is 1.81. The van der Waals surface area contributed by atoms with Gasteiger partial charge in [0.2, 0.25) is 0 Å². The lowest BCUT2D eigenvalue weighted by molar-refractivity contribution is -0.117. The first-order valence-corrected chi connectivity index (χ1v) is 6.76. The highest BCUT2D eigenvalue weighted by Crippen LogP contribution is 2.31. The van der Waals surface area contributed by atoms with E-state index in [0.29, 0.717) is 6.42 Å². The van der Waals surface area contributed by atoms with E-state index in [4.69, 9.17) is 0 Å². The summed E-state index contributed by atoms with van der Waals surface area (Å²) in [7, 11) is 0. The molecule has 2 heterocycles. The molecule has 3 nitrogen and oxygen atoms in total. The highest BCUT2D eigenvalue weighted by atomic mass is 16.1. The standard InChI is InChI=1S/C16H18N2O/c1-11(19)3-2-4-13-10-18-16-8-12-5-6-17-9-14(12)7-15(13)16/h5-6,8-10,17-18H,2-4,7H2,1H3. The molecule has 3 rings (SSSR count). The molecule has 2 aliphatic rings. The van der Waals surface area contributed by atoms with Crippen LogP contribution in [0.3, 0.4) is 0 Å². The normalized spacial score (nSPS) is 16.1. The molecule has 0 saturated heterocycles. The smallest absolute Gasteiger partial charge is 0.129 e. The van der Waals surface area contributed by atoms with Gasteiger partial charge in [-0.3, -0.25) is 0 Å². The highest BCUT2D eigenvalue weighted by Gasteiger charge is 2.19. The third-order valence-corrected chi connectivity index (χ3v) is 3.74. The van der Waals surface area contributed by atoms with Crippen molar-refractivity contribution in [1.29, 1.82) is 0 Å². The lowest BCUT2D eigenvalue weighted by Gasteiger charge is -2.19. The van der Waals surface area contributed by atoms with Gasteiger partial charge >= 0.3 is 0 Å². The summed E-state index contributed by atoms with van der Waals surface area (Å²) in [5.74, 6) is 0.274. The van der Waals surface area contributed by atoms with E-state index in [-0.39, 0.29) is 5.78 Å². The predicted octanol–water partition coefficient (Wildman–Crippen LogP) is 2.87. The zero-order valence-electron chi connectivity index (χ0n) is 11.1. The van der Waals surface area contributed by atoms with Crippen LogP contribution in [0.15, 0.2) is 35.8 Å². The number of hydrogen-bond donors (Lipinski definition) is 2. The fourth-order valence-corrected chi connectivity index (χ4v) is 2.72. The molecule has 0 atom stereocenters. The number of hydrogen-bond acceptors (Lipinski definition) is 2.